The highest BCUT2D eigenvalue weighted by molar-refractivity contribution is 5.40. The number of hydrogen-bond acceptors (Lipinski definition) is 5. The number of nitro benzene ring substituents is 2. The molecule has 0 aliphatic carbocycles. The van der Waals surface area contributed by atoms with Gasteiger partial charge in [-0.15, -0.1) is 0 Å². The number of para-hydroxylation sites is 1. The third-order valence-corrected chi connectivity index (χ3v) is 2.63. The number of nitro groups is 2. The lowest BCUT2D eigenvalue weighted by molar-refractivity contribution is -0.385. The Morgan fingerprint density at radius 1 is 0.900 bits per heavy atom. The average Bonchev–Trinajstić information content (AvgIpc) is 2.45. The van der Waals surface area contributed by atoms with Crippen molar-refractivity contribution in [1.82, 2.24) is 0 Å². The zero-order valence-electron chi connectivity index (χ0n) is 10.3. The highest BCUT2D eigenvalue weighted by Gasteiger charge is 2.12. The Hall–Kier alpha value is -2.96. The summed E-state index contributed by atoms with van der Waals surface area (Å²) < 4.78 is 5.39. The Bertz CT molecular complexity index is 639. The summed E-state index contributed by atoms with van der Waals surface area (Å²) in [6.07, 6.45) is 0. The van der Waals surface area contributed by atoms with Crippen molar-refractivity contribution >= 4 is 11.4 Å². The van der Waals surface area contributed by atoms with E-state index in [0.717, 1.165) is 0 Å². The highest BCUT2D eigenvalue weighted by atomic mass is 16.6. The smallest absolute Gasteiger partial charge is 0.276 e. The molecule has 0 amide bonds. The van der Waals surface area contributed by atoms with Crippen molar-refractivity contribution in [2.75, 3.05) is 0 Å². The second-order valence-corrected chi connectivity index (χ2v) is 3.93. The number of benzene rings is 2. The van der Waals surface area contributed by atoms with Crippen LogP contribution in [0.25, 0.3) is 0 Å². The van der Waals surface area contributed by atoms with E-state index < -0.39 is 9.85 Å². The Balaban J connectivity index is 2.09. The summed E-state index contributed by atoms with van der Waals surface area (Å²) in [5.41, 5.74) is 0.383. The van der Waals surface area contributed by atoms with E-state index >= 15 is 0 Å². The molecule has 0 unspecified atom stereocenters. The zero-order chi connectivity index (χ0) is 14.5. The van der Waals surface area contributed by atoms with E-state index in [-0.39, 0.29) is 18.0 Å². The molecule has 0 bridgehead atoms. The van der Waals surface area contributed by atoms with Crippen LogP contribution in [-0.4, -0.2) is 9.85 Å². The van der Waals surface area contributed by atoms with Gasteiger partial charge in [0.1, 0.15) is 12.4 Å². The third-order valence-electron chi connectivity index (χ3n) is 2.63. The summed E-state index contributed by atoms with van der Waals surface area (Å²) in [7, 11) is 0. The highest BCUT2D eigenvalue weighted by Crippen LogP contribution is 2.22. The minimum Gasteiger partial charge on any atom is -0.489 e. The van der Waals surface area contributed by atoms with E-state index in [2.05, 4.69) is 0 Å². The molecule has 7 nitrogen and oxygen atoms in total. The summed E-state index contributed by atoms with van der Waals surface area (Å²) >= 11 is 0. The third kappa shape index (κ3) is 3.08. The molecule has 7 heteroatoms. The molecular formula is C13H10N2O5. The molecule has 2 rings (SSSR count). The molecule has 0 aromatic heterocycles. The summed E-state index contributed by atoms with van der Waals surface area (Å²) in [5.74, 6) is 0.411. The normalized spacial score (nSPS) is 10.0. The van der Waals surface area contributed by atoms with E-state index in [1.165, 1.54) is 30.3 Å². The van der Waals surface area contributed by atoms with Gasteiger partial charge in [0.05, 0.1) is 15.4 Å². The number of nitrogens with zero attached hydrogens (tertiary/aromatic N) is 2. The number of rotatable bonds is 5. The largest absolute Gasteiger partial charge is 0.489 e. The van der Waals surface area contributed by atoms with E-state index in [0.29, 0.717) is 11.3 Å². The molecule has 0 atom stereocenters. The van der Waals surface area contributed by atoms with Crippen LogP contribution in [0.2, 0.25) is 0 Å². The summed E-state index contributed by atoms with van der Waals surface area (Å²) in [6.45, 7) is 0.0228. The van der Waals surface area contributed by atoms with Gasteiger partial charge in [0.2, 0.25) is 0 Å². The van der Waals surface area contributed by atoms with Crippen LogP contribution >= 0.6 is 0 Å². The maximum absolute atomic E-state index is 10.8. The lowest BCUT2D eigenvalue weighted by atomic mass is 10.2. The molecule has 102 valence electrons. The maximum atomic E-state index is 10.8. The Morgan fingerprint density at radius 2 is 1.55 bits per heavy atom. The molecule has 2 aromatic rings. The van der Waals surface area contributed by atoms with Gasteiger partial charge in [-0.2, -0.15) is 0 Å². The SMILES string of the molecule is O=[N+]([O-])c1ccc(OCc2ccccc2[N+](=O)[O-])cc1. The first kappa shape index (κ1) is 13.5. The number of non-ortho nitro benzene ring substituents is 1. The second-order valence-electron chi connectivity index (χ2n) is 3.93. The fraction of sp³-hybridized carbons (Fsp3) is 0.0769. The first-order valence-electron chi connectivity index (χ1n) is 5.67. The second kappa shape index (κ2) is 5.79. The lowest BCUT2D eigenvalue weighted by Gasteiger charge is -2.06. The molecule has 0 fully saturated rings. The van der Waals surface area contributed by atoms with Crippen molar-refractivity contribution in [3.63, 3.8) is 0 Å². The first-order chi connectivity index (χ1) is 9.58. The zero-order valence-corrected chi connectivity index (χ0v) is 10.3. The summed E-state index contributed by atoms with van der Waals surface area (Å²) in [5, 5.41) is 21.3. The van der Waals surface area contributed by atoms with E-state index in [1.54, 1.807) is 18.2 Å². The Kier molecular flexibility index (Phi) is 3.90. The van der Waals surface area contributed by atoms with Crippen LogP contribution in [0.15, 0.2) is 48.5 Å². The molecule has 0 saturated carbocycles. The van der Waals surface area contributed by atoms with Crippen molar-refractivity contribution < 1.29 is 14.6 Å². The standard InChI is InChI=1S/C13H10N2O5/c16-14(17)11-5-7-12(8-6-11)20-9-10-3-1-2-4-13(10)15(18)19/h1-8H,9H2. The molecule has 0 N–H and O–H groups in total. The molecule has 20 heavy (non-hydrogen) atoms. The van der Waals surface area contributed by atoms with Crippen LogP contribution in [0.4, 0.5) is 11.4 Å². The van der Waals surface area contributed by atoms with Gasteiger partial charge >= 0.3 is 0 Å². The molecule has 0 aliphatic heterocycles. The van der Waals surface area contributed by atoms with Gasteiger partial charge in [0.25, 0.3) is 11.4 Å². The maximum Gasteiger partial charge on any atom is 0.276 e. The fourth-order valence-electron chi connectivity index (χ4n) is 1.64. The monoisotopic (exact) mass is 274 g/mol. The van der Waals surface area contributed by atoms with Crippen LogP contribution in [0.5, 0.6) is 5.75 Å². The van der Waals surface area contributed by atoms with Crippen LogP contribution in [0.1, 0.15) is 5.56 Å². The molecule has 0 heterocycles. The molecule has 0 spiro atoms. The van der Waals surface area contributed by atoms with E-state index in [9.17, 15) is 20.2 Å². The van der Waals surface area contributed by atoms with Crippen LogP contribution in [0.3, 0.4) is 0 Å². The Morgan fingerprint density at radius 3 is 2.15 bits per heavy atom. The van der Waals surface area contributed by atoms with Gasteiger partial charge in [-0.1, -0.05) is 12.1 Å². The molecule has 0 saturated heterocycles. The minimum absolute atomic E-state index is 0.0191. The summed E-state index contributed by atoms with van der Waals surface area (Å²) in [4.78, 5) is 20.3. The van der Waals surface area contributed by atoms with Crippen molar-refractivity contribution in [2.24, 2.45) is 0 Å². The van der Waals surface area contributed by atoms with Gasteiger partial charge in [0, 0.05) is 18.2 Å². The fourth-order valence-corrected chi connectivity index (χ4v) is 1.64. The van der Waals surface area contributed by atoms with Crippen molar-refractivity contribution in [2.45, 2.75) is 6.61 Å². The first-order valence-corrected chi connectivity index (χ1v) is 5.67. The molecular weight excluding hydrogens is 264 g/mol. The average molecular weight is 274 g/mol. The number of hydrogen-bond donors (Lipinski definition) is 0. The van der Waals surface area contributed by atoms with Gasteiger partial charge in [-0.25, -0.2) is 0 Å². The predicted octanol–water partition coefficient (Wildman–Crippen LogP) is 3.08. The number of ether oxygens (including phenoxy) is 1. The minimum atomic E-state index is -0.508. The van der Waals surface area contributed by atoms with E-state index in [1.807, 2.05) is 0 Å². The quantitative estimate of drug-likeness (QED) is 0.616. The van der Waals surface area contributed by atoms with Gasteiger partial charge < -0.3 is 4.74 Å². The van der Waals surface area contributed by atoms with Crippen LogP contribution in [-0.2, 0) is 6.61 Å². The van der Waals surface area contributed by atoms with Crippen molar-refractivity contribution in [3.05, 3.63) is 74.3 Å². The topological polar surface area (TPSA) is 95.5 Å². The van der Waals surface area contributed by atoms with Crippen molar-refractivity contribution in [1.29, 1.82) is 0 Å². The predicted molar refractivity (Wildman–Crippen MR) is 70.5 cm³/mol. The molecule has 0 aliphatic rings. The molecule has 2 aromatic carbocycles. The lowest BCUT2D eigenvalue weighted by Crippen LogP contribution is -2.00. The Labute approximate surface area is 113 Å². The van der Waals surface area contributed by atoms with Gasteiger partial charge in [0.15, 0.2) is 0 Å². The van der Waals surface area contributed by atoms with Crippen LogP contribution in [0, 0.1) is 20.2 Å². The summed E-state index contributed by atoms with van der Waals surface area (Å²) in [6, 6.07) is 11.8. The molecule has 0 radical (unpaired) electrons. The van der Waals surface area contributed by atoms with Crippen molar-refractivity contribution in [3.8, 4) is 5.75 Å². The van der Waals surface area contributed by atoms with Gasteiger partial charge in [-0.05, 0) is 18.2 Å². The van der Waals surface area contributed by atoms with Crippen LogP contribution < -0.4 is 4.74 Å². The van der Waals surface area contributed by atoms with E-state index in [4.69, 9.17) is 4.74 Å². The van der Waals surface area contributed by atoms with Gasteiger partial charge in [-0.3, -0.25) is 20.2 Å².